The summed E-state index contributed by atoms with van der Waals surface area (Å²) < 4.78 is 44.8. The zero-order valence-electron chi connectivity index (χ0n) is 15.8. The molecular weight excluding hydrogens is 349 g/mol. The van der Waals surface area contributed by atoms with Crippen LogP contribution < -0.4 is 4.74 Å². The molecule has 0 spiro atoms. The quantitative estimate of drug-likeness (QED) is 0.466. The average molecular weight is 376 g/mol. The van der Waals surface area contributed by atoms with Crippen LogP contribution in [0, 0.1) is 23.4 Å². The molecule has 1 nitrogen and oxygen atoms in total. The molecule has 27 heavy (non-hydrogen) atoms. The van der Waals surface area contributed by atoms with Crippen molar-refractivity contribution in [2.75, 3.05) is 0 Å². The summed E-state index contributed by atoms with van der Waals surface area (Å²) in [7, 11) is 0. The van der Waals surface area contributed by atoms with E-state index in [2.05, 4.69) is 19.1 Å². The van der Waals surface area contributed by atoms with Gasteiger partial charge in [-0.3, -0.25) is 0 Å². The summed E-state index contributed by atoms with van der Waals surface area (Å²) in [5, 5.41) is 0. The van der Waals surface area contributed by atoms with Crippen molar-refractivity contribution in [1.82, 2.24) is 0 Å². The van der Waals surface area contributed by atoms with Gasteiger partial charge in [0, 0.05) is 12.1 Å². The second-order valence-electron chi connectivity index (χ2n) is 7.59. The largest absolute Gasteiger partial charge is 0.489 e. The van der Waals surface area contributed by atoms with E-state index in [-0.39, 0.29) is 12.4 Å². The van der Waals surface area contributed by atoms with E-state index >= 15 is 0 Å². The van der Waals surface area contributed by atoms with E-state index in [1.54, 1.807) is 0 Å². The van der Waals surface area contributed by atoms with Crippen molar-refractivity contribution in [3.63, 3.8) is 0 Å². The summed E-state index contributed by atoms with van der Waals surface area (Å²) in [6.07, 6.45) is 9.11. The van der Waals surface area contributed by atoms with Gasteiger partial charge >= 0.3 is 0 Å². The summed E-state index contributed by atoms with van der Waals surface area (Å²) >= 11 is 0. The first-order valence-corrected chi connectivity index (χ1v) is 9.93. The lowest BCUT2D eigenvalue weighted by Gasteiger charge is -2.29. The van der Waals surface area contributed by atoms with E-state index < -0.39 is 17.5 Å². The molecule has 0 aliphatic heterocycles. The molecule has 0 heterocycles. The van der Waals surface area contributed by atoms with Crippen molar-refractivity contribution in [3.8, 4) is 5.75 Å². The molecular formula is C23H27F3O. The first-order valence-electron chi connectivity index (χ1n) is 9.93. The Kier molecular flexibility index (Phi) is 6.81. The molecule has 146 valence electrons. The van der Waals surface area contributed by atoms with Crippen molar-refractivity contribution in [2.45, 2.75) is 64.4 Å². The topological polar surface area (TPSA) is 9.23 Å². The van der Waals surface area contributed by atoms with Crippen LogP contribution in [0.25, 0.3) is 0 Å². The maximum Gasteiger partial charge on any atom is 0.194 e. The smallest absolute Gasteiger partial charge is 0.194 e. The van der Waals surface area contributed by atoms with Gasteiger partial charge < -0.3 is 4.74 Å². The number of rotatable bonds is 7. The van der Waals surface area contributed by atoms with Crippen LogP contribution in [-0.2, 0) is 6.61 Å². The molecule has 0 saturated heterocycles. The van der Waals surface area contributed by atoms with E-state index in [0.29, 0.717) is 5.92 Å². The fourth-order valence-corrected chi connectivity index (χ4v) is 3.95. The Hall–Kier alpha value is -1.97. The Bertz CT molecular complexity index is 711. The summed E-state index contributed by atoms with van der Waals surface area (Å²) in [5.74, 6) is -2.45. The first-order chi connectivity index (χ1) is 13.1. The maximum absolute atomic E-state index is 13.2. The summed E-state index contributed by atoms with van der Waals surface area (Å²) in [6.45, 7) is 2.44. The lowest BCUT2D eigenvalue weighted by atomic mass is 9.77. The Labute approximate surface area is 159 Å². The minimum absolute atomic E-state index is 0.0131. The molecule has 0 unspecified atom stereocenters. The van der Waals surface area contributed by atoms with E-state index in [9.17, 15) is 13.2 Å². The van der Waals surface area contributed by atoms with E-state index in [1.807, 2.05) is 12.1 Å². The summed E-state index contributed by atoms with van der Waals surface area (Å²) in [4.78, 5) is 0. The molecule has 3 rings (SSSR count). The molecule has 2 aromatic carbocycles. The van der Waals surface area contributed by atoms with Crippen molar-refractivity contribution >= 4 is 0 Å². The second-order valence-corrected chi connectivity index (χ2v) is 7.59. The standard InChI is InChI=1S/C23H27F3O/c1-2-3-4-16-5-9-18(10-6-16)19-11-7-17(8-12-19)15-27-20-13-21(24)23(26)22(25)14-20/h7-8,11-14,16,18H,2-6,9-10,15H2,1H3/t16-,18-. The van der Waals surface area contributed by atoms with Gasteiger partial charge in [0.25, 0.3) is 0 Å². The Morgan fingerprint density at radius 3 is 2.15 bits per heavy atom. The number of hydrogen-bond donors (Lipinski definition) is 0. The Morgan fingerprint density at radius 1 is 0.926 bits per heavy atom. The molecule has 1 fully saturated rings. The molecule has 0 amide bonds. The van der Waals surface area contributed by atoms with E-state index in [4.69, 9.17) is 4.74 Å². The number of benzene rings is 2. The van der Waals surface area contributed by atoms with Crippen molar-refractivity contribution in [1.29, 1.82) is 0 Å². The highest BCUT2D eigenvalue weighted by atomic mass is 19.2. The SMILES string of the molecule is CCCC[C@H]1CC[C@H](c2ccc(COc3cc(F)c(F)c(F)c3)cc2)CC1. The molecule has 0 atom stereocenters. The highest BCUT2D eigenvalue weighted by molar-refractivity contribution is 5.28. The normalized spacial score (nSPS) is 19.9. The van der Waals surface area contributed by atoms with Gasteiger partial charge in [-0.25, -0.2) is 13.2 Å². The lowest BCUT2D eigenvalue weighted by molar-refractivity contribution is 0.298. The number of unbranched alkanes of at least 4 members (excludes halogenated alkanes) is 1. The van der Waals surface area contributed by atoms with Gasteiger partial charge in [0.1, 0.15) is 12.4 Å². The van der Waals surface area contributed by atoms with Crippen LogP contribution in [0.15, 0.2) is 36.4 Å². The fraction of sp³-hybridized carbons (Fsp3) is 0.478. The Morgan fingerprint density at radius 2 is 1.56 bits per heavy atom. The van der Waals surface area contributed by atoms with Gasteiger partial charge in [-0.1, -0.05) is 50.5 Å². The van der Waals surface area contributed by atoms with Crippen LogP contribution in [0.3, 0.4) is 0 Å². The lowest BCUT2D eigenvalue weighted by Crippen LogP contribution is -2.13. The van der Waals surface area contributed by atoms with Gasteiger partial charge in [0.05, 0.1) is 0 Å². The maximum atomic E-state index is 13.2. The van der Waals surface area contributed by atoms with Crippen LogP contribution in [0.4, 0.5) is 13.2 Å². The monoisotopic (exact) mass is 376 g/mol. The van der Waals surface area contributed by atoms with Gasteiger partial charge in [0.15, 0.2) is 17.5 Å². The zero-order valence-corrected chi connectivity index (χ0v) is 15.8. The van der Waals surface area contributed by atoms with Crippen LogP contribution >= 0.6 is 0 Å². The van der Waals surface area contributed by atoms with Crippen LogP contribution in [-0.4, -0.2) is 0 Å². The van der Waals surface area contributed by atoms with Crippen molar-refractivity contribution in [2.24, 2.45) is 5.92 Å². The molecule has 0 N–H and O–H groups in total. The first kappa shape index (κ1) is 19.8. The minimum Gasteiger partial charge on any atom is -0.489 e. The predicted molar refractivity (Wildman–Crippen MR) is 101 cm³/mol. The number of hydrogen-bond acceptors (Lipinski definition) is 1. The van der Waals surface area contributed by atoms with Crippen LogP contribution in [0.1, 0.15) is 68.9 Å². The average Bonchev–Trinajstić information content (AvgIpc) is 2.69. The number of halogens is 3. The second kappa shape index (κ2) is 9.29. The highest BCUT2D eigenvalue weighted by Crippen LogP contribution is 2.37. The third-order valence-electron chi connectivity index (χ3n) is 5.63. The van der Waals surface area contributed by atoms with Crippen LogP contribution in [0.5, 0.6) is 5.75 Å². The third-order valence-corrected chi connectivity index (χ3v) is 5.63. The molecule has 0 radical (unpaired) electrons. The third kappa shape index (κ3) is 5.27. The van der Waals surface area contributed by atoms with Crippen molar-refractivity contribution in [3.05, 3.63) is 65.0 Å². The summed E-state index contributed by atoms with van der Waals surface area (Å²) in [6, 6.07) is 9.97. The Balaban J connectivity index is 1.52. The predicted octanol–water partition coefficient (Wildman–Crippen LogP) is 7.15. The van der Waals surface area contributed by atoms with Gasteiger partial charge in [-0.15, -0.1) is 0 Å². The van der Waals surface area contributed by atoms with Gasteiger partial charge in [0.2, 0.25) is 0 Å². The molecule has 0 bridgehead atoms. The summed E-state index contributed by atoms with van der Waals surface area (Å²) in [5.41, 5.74) is 2.27. The minimum atomic E-state index is -1.48. The zero-order chi connectivity index (χ0) is 19.2. The highest BCUT2D eigenvalue weighted by Gasteiger charge is 2.21. The van der Waals surface area contributed by atoms with Gasteiger partial charge in [-0.05, 0) is 48.6 Å². The fourth-order valence-electron chi connectivity index (χ4n) is 3.95. The molecule has 4 heteroatoms. The molecule has 1 saturated carbocycles. The molecule has 2 aromatic rings. The molecule has 1 aliphatic rings. The van der Waals surface area contributed by atoms with Gasteiger partial charge in [-0.2, -0.15) is 0 Å². The van der Waals surface area contributed by atoms with Crippen LogP contribution in [0.2, 0.25) is 0 Å². The molecule has 0 aromatic heterocycles. The molecule has 1 aliphatic carbocycles. The van der Waals surface area contributed by atoms with E-state index in [0.717, 1.165) is 23.6 Å². The number of ether oxygens (including phenoxy) is 1. The van der Waals surface area contributed by atoms with E-state index in [1.165, 1.54) is 50.5 Å². The van der Waals surface area contributed by atoms with Crippen molar-refractivity contribution < 1.29 is 17.9 Å².